The molecule has 0 amide bonds. The van der Waals surface area contributed by atoms with E-state index in [-0.39, 0.29) is 0 Å². The summed E-state index contributed by atoms with van der Waals surface area (Å²) in [4.78, 5) is 0. The second-order valence-electron chi connectivity index (χ2n) is 8.54. The molecule has 0 saturated heterocycles. The van der Waals surface area contributed by atoms with Crippen molar-refractivity contribution in [3.63, 3.8) is 0 Å². The number of rotatable bonds is 8. The molecule has 26 heavy (non-hydrogen) atoms. The lowest BCUT2D eigenvalue weighted by Crippen LogP contribution is -2.65. The Labute approximate surface area is 163 Å². The first-order valence-corrected chi connectivity index (χ1v) is 17.8. The Kier molecular flexibility index (Phi) is 7.44. The third-order valence-electron chi connectivity index (χ3n) is 5.38. The van der Waals surface area contributed by atoms with Crippen LogP contribution in [-0.2, 0) is 8.23 Å². The smallest absolute Gasteiger partial charge is 0.355 e. The monoisotopic (exact) mass is 404 g/mol. The molecular formula is C21H36O2Si3. The summed E-state index contributed by atoms with van der Waals surface area (Å²) in [6.45, 7) is 17.1. The molecular weight excluding hydrogens is 368 g/mol. The van der Waals surface area contributed by atoms with Gasteiger partial charge in [-0.3, -0.25) is 0 Å². The summed E-state index contributed by atoms with van der Waals surface area (Å²) in [6.07, 6.45) is 7.66. The standard InChI is InChI=1S/C21H36O2Si3/c1-7-24(3,4)22-26(23-25(5,6)8-2,21-18-14-11-15-19-21)20-16-12-9-10-13-17-20/h7-8,11,14-15,18-20H,1-2,9-10,12-13,16-17H2,3-6H3. The predicted molar refractivity (Wildman–Crippen MR) is 121 cm³/mol. The van der Waals surface area contributed by atoms with E-state index in [0.29, 0.717) is 5.54 Å². The summed E-state index contributed by atoms with van der Waals surface area (Å²) in [5, 5.41) is 1.29. The third-order valence-corrected chi connectivity index (χ3v) is 16.8. The summed E-state index contributed by atoms with van der Waals surface area (Å²) < 4.78 is 14.2. The Morgan fingerprint density at radius 2 is 1.27 bits per heavy atom. The highest BCUT2D eigenvalue weighted by Gasteiger charge is 2.52. The van der Waals surface area contributed by atoms with Gasteiger partial charge in [0.2, 0.25) is 0 Å². The molecule has 1 saturated carbocycles. The zero-order chi connectivity index (χ0) is 19.3. The Morgan fingerprint density at radius 3 is 1.69 bits per heavy atom. The number of hydrogen-bond donors (Lipinski definition) is 0. The average molecular weight is 405 g/mol. The van der Waals surface area contributed by atoms with E-state index in [4.69, 9.17) is 8.23 Å². The molecule has 1 fully saturated rings. The van der Waals surface area contributed by atoms with E-state index in [2.05, 4.69) is 81.1 Å². The molecule has 0 radical (unpaired) electrons. The predicted octanol–water partition coefficient (Wildman–Crippen LogP) is 5.95. The van der Waals surface area contributed by atoms with Gasteiger partial charge in [-0.05, 0) is 44.2 Å². The van der Waals surface area contributed by atoms with Gasteiger partial charge in [0.15, 0.2) is 16.6 Å². The van der Waals surface area contributed by atoms with E-state index in [0.717, 1.165) is 0 Å². The SMILES string of the molecule is C=C[Si](C)(C)O[Si](O[Si](C)(C)C=C)(c1ccccc1)C1CCCCCC1. The first-order valence-electron chi connectivity index (χ1n) is 9.98. The maximum atomic E-state index is 7.12. The van der Waals surface area contributed by atoms with Gasteiger partial charge < -0.3 is 8.23 Å². The lowest BCUT2D eigenvalue weighted by Gasteiger charge is -2.45. The van der Waals surface area contributed by atoms with E-state index in [1.165, 1.54) is 43.7 Å². The fourth-order valence-electron chi connectivity index (χ4n) is 3.74. The van der Waals surface area contributed by atoms with Crippen LogP contribution in [0.15, 0.2) is 54.9 Å². The van der Waals surface area contributed by atoms with Gasteiger partial charge in [-0.25, -0.2) is 0 Å². The van der Waals surface area contributed by atoms with Crippen molar-refractivity contribution in [2.45, 2.75) is 70.3 Å². The van der Waals surface area contributed by atoms with Crippen LogP contribution in [0, 0.1) is 0 Å². The van der Waals surface area contributed by atoms with Crippen LogP contribution in [0.25, 0.3) is 0 Å². The highest BCUT2D eigenvalue weighted by molar-refractivity contribution is 6.97. The number of benzene rings is 1. The molecule has 1 aromatic carbocycles. The van der Waals surface area contributed by atoms with E-state index >= 15 is 0 Å². The molecule has 2 rings (SSSR count). The molecule has 0 aromatic heterocycles. The summed E-state index contributed by atoms with van der Waals surface area (Å²) in [6, 6.07) is 10.8. The van der Waals surface area contributed by atoms with Gasteiger partial charge >= 0.3 is 8.56 Å². The third kappa shape index (κ3) is 5.39. The van der Waals surface area contributed by atoms with E-state index in [1.807, 2.05) is 0 Å². The van der Waals surface area contributed by atoms with Gasteiger partial charge in [-0.2, -0.15) is 0 Å². The highest BCUT2D eigenvalue weighted by Crippen LogP contribution is 2.40. The summed E-state index contributed by atoms with van der Waals surface area (Å²) >= 11 is 0. The van der Waals surface area contributed by atoms with E-state index < -0.39 is 25.2 Å². The van der Waals surface area contributed by atoms with Crippen molar-refractivity contribution in [1.29, 1.82) is 0 Å². The average Bonchev–Trinajstić information content (AvgIpc) is 2.91. The van der Waals surface area contributed by atoms with Gasteiger partial charge in [0, 0.05) is 5.54 Å². The van der Waals surface area contributed by atoms with Crippen molar-refractivity contribution in [3.8, 4) is 0 Å². The van der Waals surface area contributed by atoms with Crippen molar-refractivity contribution in [3.05, 3.63) is 54.9 Å². The maximum absolute atomic E-state index is 7.12. The zero-order valence-electron chi connectivity index (χ0n) is 17.1. The quantitative estimate of drug-likeness (QED) is 0.393. The van der Waals surface area contributed by atoms with Gasteiger partial charge in [-0.1, -0.05) is 67.4 Å². The van der Waals surface area contributed by atoms with Crippen molar-refractivity contribution in [2.24, 2.45) is 0 Å². The van der Waals surface area contributed by atoms with Crippen LogP contribution in [0.3, 0.4) is 0 Å². The first kappa shape index (κ1) is 21.6. The molecule has 1 aliphatic carbocycles. The Bertz CT molecular complexity index is 569. The van der Waals surface area contributed by atoms with Gasteiger partial charge in [-0.15, -0.1) is 13.2 Å². The van der Waals surface area contributed by atoms with Crippen LogP contribution in [0.5, 0.6) is 0 Å². The van der Waals surface area contributed by atoms with E-state index in [1.54, 1.807) is 0 Å². The zero-order valence-corrected chi connectivity index (χ0v) is 20.1. The minimum atomic E-state index is -2.63. The maximum Gasteiger partial charge on any atom is 0.355 e. The van der Waals surface area contributed by atoms with Crippen LogP contribution in [0.2, 0.25) is 31.7 Å². The van der Waals surface area contributed by atoms with Crippen LogP contribution in [0.4, 0.5) is 0 Å². The van der Waals surface area contributed by atoms with Crippen molar-refractivity contribution in [2.75, 3.05) is 0 Å². The van der Waals surface area contributed by atoms with Gasteiger partial charge in [0.25, 0.3) is 0 Å². The molecule has 144 valence electrons. The topological polar surface area (TPSA) is 18.5 Å². The summed E-state index contributed by atoms with van der Waals surface area (Å²) in [7, 11) is -6.67. The molecule has 0 heterocycles. The molecule has 0 atom stereocenters. The largest absolute Gasteiger partial charge is 0.429 e. The Hall–Kier alpha value is -0.729. The normalized spacial score (nSPS) is 17.5. The van der Waals surface area contributed by atoms with Crippen molar-refractivity contribution < 1.29 is 8.23 Å². The lowest BCUT2D eigenvalue weighted by atomic mass is 10.2. The highest BCUT2D eigenvalue weighted by atomic mass is 28.5. The molecule has 1 aromatic rings. The van der Waals surface area contributed by atoms with Crippen molar-refractivity contribution >= 4 is 30.4 Å². The van der Waals surface area contributed by atoms with Gasteiger partial charge in [0.1, 0.15) is 0 Å². The molecule has 0 spiro atoms. The molecule has 0 unspecified atom stereocenters. The molecule has 0 N–H and O–H groups in total. The lowest BCUT2D eigenvalue weighted by molar-refractivity contribution is 0.366. The first-order chi connectivity index (χ1) is 12.2. The minimum absolute atomic E-state index is 0.505. The molecule has 2 nitrogen and oxygen atoms in total. The molecule has 0 aliphatic heterocycles. The Morgan fingerprint density at radius 1 is 0.808 bits per heavy atom. The van der Waals surface area contributed by atoms with Gasteiger partial charge in [0.05, 0.1) is 0 Å². The van der Waals surface area contributed by atoms with Crippen LogP contribution >= 0.6 is 0 Å². The fourth-order valence-corrected chi connectivity index (χ4v) is 15.8. The molecule has 0 bridgehead atoms. The summed E-state index contributed by atoms with van der Waals surface area (Å²) in [5.41, 5.74) is 4.62. The Balaban J connectivity index is 2.60. The second kappa shape index (κ2) is 8.97. The molecule has 5 heteroatoms. The van der Waals surface area contributed by atoms with Crippen LogP contribution in [-0.4, -0.2) is 25.2 Å². The van der Waals surface area contributed by atoms with Crippen molar-refractivity contribution in [1.82, 2.24) is 0 Å². The number of hydrogen-bond acceptors (Lipinski definition) is 2. The van der Waals surface area contributed by atoms with E-state index in [9.17, 15) is 0 Å². The van der Waals surface area contributed by atoms with Crippen LogP contribution in [0.1, 0.15) is 38.5 Å². The van der Waals surface area contributed by atoms with Crippen LogP contribution < -0.4 is 5.19 Å². The molecule has 1 aliphatic rings. The minimum Gasteiger partial charge on any atom is -0.429 e. The summed E-state index contributed by atoms with van der Waals surface area (Å²) in [5.74, 6) is 0. The fraction of sp³-hybridized carbons (Fsp3) is 0.524. The second-order valence-corrected chi connectivity index (χ2v) is 20.1.